The Kier molecular flexibility index (Phi) is 36.9. The van der Waals surface area contributed by atoms with Gasteiger partial charge in [0.05, 0.1) is 0 Å². The average molecular weight is 1950 g/mol. The minimum absolute atomic E-state index is 0. The Morgan fingerprint density at radius 1 is 0.500 bits per heavy atom. The topological polar surface area (TPSA) is 122 Å². The summed E-state index contributed by atoms with van der Waals surface area (Å²) in [5.41, 5.74) is 0. The van der Waals surface area contributed by atoms with E-state index in [2.05, 4.69) is 0 Å². The molecule has 1 rings (SSSR count). The predicted octanol–water partition coefficient (Wildman–Crippen LogP) is -1.69. The molecule has 0 radical (unpaired) electrons. The monoisotopic (exact) mass is 1960 g/mol. The Balaban J connectivity index is -0.000000750. The molecule has 6 N–H and O–H groups in total. The maximum atomic E-state index is 6.31. The van der Waals surface area contributed by atoms with Crippen LogP contribution in [0.2, 0.25) is -4.67 Å². The van der Waals surface area contributed by atoms with Crippen LogP contribution in [0.15, 0.2) is 0 Å². The minimum atomic E-state index is -0.722. The molecule has 1 fully saturated rings. The Bertz CT molecular complexity index is 136. The van der Waals surface area contributed by atoms with Gasteiger partial charge >= 0.3 is 226 Å². The molecule has 0 spiro atoms. The van der Waals surface area contributed by atoms with E-state index in [1.165, 1.54) is -4.67 Å². The van der Waals surface area contributed by atoms with Gasteiger partial charge in [-0.05, 0) is 0 Å². The summed E-state index contributed by atoms with van der Waals surface area (Å²) in [6.07, 6.45) is 0. The van der Waals surface area contributed by atoms with Crippen LogP contribution in [0.25, 0.3) is 0 Å². The molecule has 0 aliphatic carbocycles. The summed E-state index contributed by atoms with van der Waals surface area (Å²) in [6, 6.07) is 0. The molecule has 0 aromatic heterocycles. The summed E-state index contributed by atoms with van der Waals surface area (Å²) >= 11 is -1.10. The van der Waals surface area contributed by atoms with Crippen molar-refractivity contribution in [3.63, 3.8) is 0 Å². The molecule has 75 valence electrons. The summed E-state index contributed by atoms with van der Waals surface area (Å²) in [4.78, 5) is 0. The van der Waals surface area contributed by atoms with E-state index in [4.69, 9.17) is 1.66 Å². The van der Waals surface area contributed by atoms with Gasteiger partial charge in [-0.2, -0.15) is 0 Å². The summed E-state index contributed by atoms with van der Waals surface area (Å²) in [5.74, 6) is 0. The Hall–Kier alpha value is 8.18. The van der Waals surface area contributed by atoms with Crippen LogP contribution in [0.3, 0.4) is 0 Å². The molecule has 0 aromatic carbocycles. The normalized spacial score (nSPS) is 25.3. The molecule has 0 aromatic rings. The van der Waals surface area contributed by atoms with Gasteiger partial charge in [-0.15, -0.1) is 0 Å². The van der Waals surface area contributed by atoms with Crippen molar-refractivity contribution in [3.8, 4) is 0 Å². The molecule has 18 heavy (non-hydrogen) atoms. The van der Waals surface area contributed by atoms with Crippen LogP contribution >= 0.6 is 0 Å². The molecule has 0 saturated carbocycles. The van der Waals surface area contributed by atoms with Gasteiger partial charge < -0.3 is 16.4 Å². The summed E-state index contributed by atoms with van der Waals surface area (Å²) in [6.45, 7) is 0. The molecular weight excluding hydrogens is 1940 g/mol. The second kappa shape index (κ2) is 21.5. The Labute approximate surface area is 234 Å². The van der Waals surface area contributed by atoms with Crippen molar-refractivity contribution in [1.29, 1.82) is 0 Å². The first kappa shape index (κ1) is 30.9. The van der Waals surface area contributed by atoms with Crippen molar-refractivity contribution in [2.45, 2.75) is -4.67 Å². The van der Waals surface area contributed by atoms with Crippen molar-refractivity contribution in [3.05, 3.63) is 0 Å². The van der Waals surface area contributed by atoms with Crippen LogP contribution in [-0.4, -0.2) is 16.4 Å². The molecule has 1 aliphatic rings. The summed E-state index contributed by atoms with van der Waals surface area (Å²) in [7, 11) is 0. The van der Waals surface area contributed by atoms with Crippen LogP contribution < -0.4 is 0 Å². The molecule has 0 amide bonds. The van der Waals surface area contributed by atoms with Crippen LogP contribution in [0.4, 0.5) is 0 Å². The Morgan fingerprint density at radius 3 is 0.833 bits per heavy atom. The van der Waals surface area contributed by atoms with Crippen molar-refractivity contribution >= 4 is 0 Å². The van der Waals surface area contributed by atoms with E-state index in [0.717, 1.165) is 78.4 Å². The van der Waals surface area contributed by atoms with Gasteiger partial charge in [0, 0.05) is 0 Å². The fraction of sp³-hybridized carbons (Fsp3) is 1.00. The van der Waals surface area contributed by atoms with Crippen molar-refractivity contribution < 1.29 is 247 Å². The molecule has 1 saturated heterocycles. The van der Waals surface area contributed by atoms with Gasteiger partial charge in [0.25, 0.3) is 0 Å². The molecule has 6 nitrogen and oxygen atoms in total. The van der Waals surface area contributed by atoms with Crippen LogP contribution in [0, 0.1) is 0 Å². The average Bonchev–Trinajstić information content (AvgIpc) is 2.16. The second-order valence-corrected chi connectivity index (χ2v) is 256. The van der Waals surface area contributed by atoms with E-state index in [9.17, 15) is 0 Å². The van der Waals surface area contributed by atoms with Gasteiger partial charge in [0.2, 0.25) is 0 Å². The van der Waals surface area contributed by atoms with E-state index >= 15 is 0 Å². The molecule has 15 heteroatoms. The van der Waals surface area contributed by atoms with Gasteiger partial charge in [-0.3, -0.25) is 0 Å². The molecule has 0 bridgehead atoms. The fourth-order valence-corrected chi connectivity index (χ4v) is 703. The number of hydrogen-bond acceptors (Lipinski definition) is 3. The molecular formula is C3H9Hg9O6. The summed E-state index contributed by atoms with van der Waals surface area (Å²) < 4.78 is 22.9. The van der Waals surface area contributed by atoms with Crippen LogP contribution in [0.5, 0.6) is 0 Å². The fourth-order valence-electron chi connectivity index (χ4n) is 1.35. The van der Waals surface area contributed by atoms with Gasteiger partial charge in [-0.25, -0.2) is 0 Å². The first-order valence-electron chi connectivity index (χ1n) is 5.41. The zero-order chi connectivity index (χ0) is 11.1. The first-order valence-corrected chi connectivity index (χ1v) is 47.4. The van der Waals surface area contributed by atoms with Crippen molar-refractivity contribution in [2.75, 3.05) is 0 Å². The standard InChI is InChI=1S/3CH.9Hg.3H2O.3O/h3*1H;;;;;;;;;;3*1H2;;;. The third kappa shape index (κ3) is 19.0. The van der Waals surface area contributed by atoms with Gasteiger partial charge in [0.1, 0.15) is 0 Å². The molecule has 1 aliphatic heterocycles. The quantitative estimate of drug-likeness (QED) is 0.270. The summed E-state index contributed by atoms with van der Waals surface area (Å²) in [5, 5.41) is 0. The molecule has 0 unspecified atom stereocenters. The van der Waals surface area contributed by atoms with E-state index < -0.39 is 150 Å². The molecule has 1 heterocycles. The van der Waals surface area contributed by atoms with E-state index in [-0.39, 0.29) is 16.4 Å². The first-order chi connectivity index (χ1) is 7.18. The van der Waals surface area contributed by atoms with Gasteiger partial charge in [-0.1, -0.05) is 0 Å². The maximum absolute atomic E-state index is 6.31. The van der Waals surface area contributed by atoms with Crippen LogP contribution in [-0.2, 0) is 230 Å². The van der Waals surface area contributed by atoms with Crippen molar-refractivity contribution in [1.82, 2.24) is 0 Å². The zero-order valence-electron chi connectivity index (χ0n) is 10.8. The molecule has 0 atom stereocenters. The third-order valence-electron chi connectivity index (χ3n) is 2.12. The van der Waals surface area contributed by atoms with Gasteiger partial charge in [0.15, 0.2) is 0 Å². The SMILES string of the molecule is O.O.O.[Hg][CH]1[Hg][O][Hg][CH]([Hg])[Hg][O][Hg][CH]([Hg])[Hg][O][Hg]1. The van der Waals surface area contributed by atoms with E-state index in [0.29, 0.717) is 0 Å². The van der Waals surface area contributed by atoms with Crippen LogP contribution in [0.1, 0.15) is 0 Å². The number of hydrogen-bond donors (Lipinski definition) is 0. The van der Waals surface area contributed by atoms with Crippen molar-refractivity contribution in [2.24, 2.45) is 0 Å². The second-order valence-electron chi connectivity index (χ2n) is 4.21. The third-order valence-corrected chi connectivity index (χ3v) is 163. The van der Waals surface area contributed by atoms with E-state index in [1.807, 2.05) is 0 Å². The number of rotatable bonds is 0. The predicted molar refractivity (Wildman–Crippen MR) is 25.3 cm³/mol. The zero-order valence-corrected chi connectivity index (χ0v) is 60.3. The van der Waals surface area contributed by atoms with E-state index in [1.54, 1.807) is 0 Å². The Morgan fingerprint density at radius 2 is 0.667 bits per heavy atom.